The third-order valence-electron chi connectivity index (χ3n) is 4.10. The highest BCUT2D eigenvalue weighted by molar-refractivity contribution is 7.89. The van der Waals surface area contributed by atoms with Crippen LogP contribution in [0.4, 0.5) is 0 Å². The number of rotatable bonds is 4. The minimum Gasteiger partial charge on any atom is -0.221 e. The van der Waals surface area contributed by atoms with Gasteiger partial charge in [-0.25, -0.2) is 18.1 Å². The van der Waals surface area contributed by atoms with Crippen molar-refractivity contribution < 1.29 is 8.42 Å². The Labute approximate surface area is 135 Å². The van der Waals surface area contributed by atoms with Crippen molar-refractivity contribution in [2.45, 2.75) is 69.9 Å². The summed E-state index contributed by atoms with van der Waals surface area (Å²) in [6, 6.07) is 0.0294. The molecule has 0 bridgehead atoms. The number of aromatic nitrogens is 3. The highest BCUT2D eigenvalue weighted by Crippen LogP contribution is 2.24. The Morgan fingerprint density at radius 1 is 1.27 bits per heavy atom. The number of nitrogens with one attached hydrogen (secondary N) is 1. The number of nitrogens with zero attached hydrogens (tertiary/aromatic N) is 3. The second kappa shape index (κ2) is 6.25. The fraction of sp³-hybridized carbons (Fsp3) is 0.714. The van der Waals surface area contributed by atoms with Crippen molar-refractivity contribution in [3.05, 3.63) is 10.7 Å². The van der Waals surface area contributed by atoms with Crippen LogP contribution in [0.2, 0.25) is 0 Å². The number of imidazole rings is 1. The van der Waals surface area contributed by atoms with E-state index in [1.807, 2.05) is 6.92 Å². The van der Waals surface area contributed by atoms with E-state index in [4.69, 9.17) is 0 Å². The molecule has 0 amide bonds. The lowest BCUT2D eigenvalue weighted by atomic mass is 10.1. The SMILES string of the molecule is CCc1nn2c(S(=O)(=O)NC3CCCCCC3)c(C)nc2s1. The Balaban J connectivity index is 1.93. The van der Waals surface area contributed by atoms with Gasteiger partial charge in [-0.2, -0.15) is 9.61 Å². The second-order valence-electron chi connectivity index (χ2n) is 5.86. The molecule has 0 aromatic carbocycles. The van der Waals surface area contributed by atoms with Gasteiger partial charge in [-0.05, 0) is 26.2 Å². The van der Waals surface area contributed by atoms with Crippen molar-refractivity contribution in [2.24, 2.45) is 0 Å². The predicted molar refractivity (Wildman–Crippen MR) is 86.8 cm³/mol. The van der Waals surface area contributed by atoms with Gasteiger partial charge in [0.25, 0.3) is 10.0 Å². The van der Waals surface area contributed by atoms with Crippen LogP contribution in [0.25, 0.3) is 4.96 Å². The third-order valence-corrected chi connectivity index (χ3v) is 6.77. The zero-order valence-electron chi connectivity index (χ0n) is 13.0. The lowest BCUT2D eigenvalue weighted by molar-refractivity contribution is 0.505. The van der Waals surface area contributed by atoms with E-state index in [9.17, 15) is 8.42 Å². The molecule has 1 aliphatic rings. The summed E-state index contributed by atoms with van der Waals surface area (Å²) in [6.45, 7) is 3.73. The lowest BCUT2D eigenvalue weighted by Crippen LogP contribution is -2.35. The van der Waals surface area contributed by atoms with Crippen LogP contribution < -0.4 is 4.72 Å². The van der Waals surface area contributed by atoms with Crippen molar-refractivity contribution in [1.29, 1.82) is 0 Å². The minimum absolute atomic E-state index is 0.0294. The van der Waals surface area contributed by atoms with Gasteiger partial charge in [0.15, 0.2) is 5.03 Å². The molecule has 2 heterocycles. The van der Waals surface area contributed by atoms with Crippen molar-refractivity contribution in [3.8, 4) is 0 Å². The van der Waals surface area contributed by atoms with Gasteiger partial charge in [0.05, 0.1) is 5.69 Å². The first kappa shape index (κ1) is 15.9. The molecule has 1 fully saturated rings. The molecule has 8 heteroatoms. The number of hydrogen-bond donors (Lipinski definition) is 1. The molecule has 2 aromatic rings. The number of aryl methyl sites for hydroxylation is 2. The Kier molecular flexibility index (Phi) is 4.52. The molecular formula is C14H22N4O2S2. The third kappa shape index (κ3) is 3.04. The maximum Gasteiger partial charge on any atom is 0.260 e. The Hall–Kier alpha value is -0.990. The monoisotopic (exact) mass is 342 g/mol. The van der Waals surface area contributed by atoms with E-state index < -0.39 is 10.0 Å². The molecule has 122 valence electrons. The highest BCUT2D eigenvalue weighted by atomic mass is 32.2. The van der Waals surface area contributed by atoms with Gasteiger partial charge in [0, 0.05) is 6.04 Å². The van der Waals surface area contributed by atoms with E-state index in [-0.39, 0.29) is 11.1 Å². The first-order valence-corrected chi connectivity index (χ1v) is 10.2. The molecule has 0 saturated heterocycles. The predicted octanol–water partition coefficient (Wildman–Crippen LogP) is 2.66. The first-order valence-electron chi connectivity index (χ1n) is 7.88. The molecule has 1 aliphatic carbocycles. The van der Waals surface area contributed by atoms with E-state index in [0.717, 1.165) is 37.1 Å². The fourth-order valence-electron chi connectivity index (χ4n) is 2.99. The minimum atomic E-state index is -3.59. The van der Waals surface area contributed by atoms with Crippen LogP contribution in [0.15, 0.2) is 5.03 Å². The van der Waals surface area contributed by atoms with Gasteiger partial charge in [0.2, 0.25) is 4.96 Å². The van der Waals surface area contributed by atoms with E-state index in [2.05, 4.69) is 14.8 Å². The van der Waals surface area contributed by atoms with Gasteiger partial charge in [-0.3, -0.25) is 0 Å². The average molecular weight is 342 g/mol. The molecule has 0 atom stereocenters. The quantitative estimate of drug-likeness (QED) is 0.867. The maximum atomic E-state index is 12.8. The zero-order chi connectivity index (χ0) is 15.7. The summed E-state index contributed by atoms with van der Waals surface area (Å²) >= 11 is 1.45. The fourth-order valence-corrected chi connectivity index (χ4v) is 5.51. The van der Waals surface area contributed by atoms with Crippen molar-refractivity contribution in [3.63, 3.8) is 0 Å². The molecule has 1 saturated carbocycles. The smallest absolute Gasteiger partial charge is 0.221 e. The second-order valence-corrected chi connectivity index (χ2v) is 8.53. The van der Waals surface area contributed by atoms with Crippen molar-refractivity contribution in [2.75, 3.05) is 0 Å². The molecule has 6 nitrogen and oxygen atoms in total. The molecule has 0 radical (unpaired) electrons. The van der Waals surface area contributed by atoms with Crippen LogP contribution in [0, 0.1) is 6.92 Å². The molecule has 1 N–H and O–H groups in total. The Morgan fingerprint density at radius 3 is 2.59 bits per heavy atom. The lowest BCUT2D eigenvalue weighted by Gasteiger charge is -2.16. The molecule has 0 spiro atoms. The Bertz CT molecular complexity index is 755. The first-order chi connectivity index (χ1) is 10.5. The zero-order valence-corrected chi connectivity index (χ0v) is 14.6. The van der Waals surface area contributed by atoms with Gasteiger partial charge in [0.1, 0.15) is 5.01 Å². The largest absolute Gasteiger partial charge is 0.260 e. The van der Waals surface area contributed by atoms with E-state index in [0.29, 0.717) is 10.7 Å². The van der Waals surface area contributed by atoms with Crippen molar-refractivity contribution in [1.82, 2.24) is 19.3 Å². The molecule has 0 aliphatic heterocycles. The molecule has 22 heavy (non-hydrogen) atoms. The summed E-state index contributed by atoms with van der Waals surface area (Å²) in [5.74, 6) is 0. The standard InChI is InChI=1S/C14H22N4O2S2/c1-3-12-16-18-13(10(2)15-14(18)21-12)22(19,20)17-11-8-6-4-5-7-9-11/h11,17H,3-9H2,1-2H3. The van der Waals surface area contributed by atoms with Crippen LogP contribution in [0.3, 0.4) is 0 Å². The van der Waals surface area contributed by atoms with E-state index in [1.54, 1.807) is 6.92 Å². The van der Waals surface area contributed by atoms with E-state index >= 15 is 0 Å². The molecule has 0 unspecified atom stereocenters. The van der Waals surface area contributed by atoms with Gasteiger partial charge >= 0.3 is 0 Å². The van der Waals surface area contributed by atoms with Crippen LogP contribution in [-0.2, 0) is 16.4 Å². The van der Waals surface area contributed by atoms with Crippen molar-refractivity contribution >= 4 is 26.3 Å². The van der Waals surface area contributed by atoms with E-state index in [1.165, 1.54) is 28.7 Å². The Morgan fingerprint density at radius 2 is 1.95 bits per heavy atom. The molecule has 3 rings (SSSR count). The van der Waals surface area contributed by atoms with Crippen LogP contribution >= 0.6 is 11.3 Å². The summed E-state index contributed by atoms with van der Waals surface area (Å²) in [7, 11) is -3.59. The summed E-state index contributed by atoms with van der Waals surface area (Å²) < 4.78 is 30.0. The molecule has 2 aromatic heterocycles. The average Bonchev–Trinajstić information content (AvgIpc) is 2.85. The number of hydrogen-bond acceptors (Lipinski definition) is 5. The highest BCUT2D eigenvalue weighted by Gasteiger charge is 2.28. The summed E-state index contributed by atoms with van der Waals surface area (Å²) in [6.07, 6.45) is 7.17. The van der Waals surface area contributed by atoms with Crippen LogP contribution in [0.1, 0.15) is 56.2 Å². The van der Waals surface area contributed by atoms with Gasteiger partial charge < -0.3 is 0 Å². The number of fused-ring (bicyclic) bond motifs is 1. The number of sulfonamides is 1. The maximum absolute atomic E-state index is 12.8. The van der Waals surface area contributed by atoms with Gasteiger partial charge in [-0.15, -0.1) is 0 Å². The normalized spacial score (nSPS) is 17.9. The summed E-state index contributed by atoms with van der Waals surface area (Å²) in [5, 5.41) is 5.48. The van der Waals surface area contributed by atoms with Gasteiger partial charge in [-0.1, -0.05) is 43.9 Å². The summed E-state index contributed by atoms with van der Waals surface area (Å²) in [4.78, 5) is 5.01. The van der Waals surface area contributed by atoms with Crippen LogP contribution in [-0.4, -0.2) is 29.1 Å². The summed E-state index contributed by atoms with van der Waals surface area (Å²) in [5.41, 5.74) is 0.516. The molecular weight excluding hydrogens is 320 g/mol. The topological polar surface area (TPSA) is 76.4 Å². The van der Waals surface area contributed by atoms with Crippen LogP contribution in [0.5, 0.6) is 0 Å².